The number of nitrogens with two attached hydrogens (primary N) is 1. The van der Waals surface area contributed by atoms with Crippen LogP contribution in [-0.2, 0) is 9.47 Å². The fourth-order valence-corrected chi connectivity index (χ4v) is 1.81. The van der Waals surface area contributed by atoms with E-state index in [1.807, 2.05) is 6.92 Å². The lowest BCUT2D eigenvalue weighted by Gasteiger charge is -2.23. The first-order chi connectivity index (χ1) is 7.64. The molecule has 0 aliphatic carbocycles. The minimum absolute atomic E-state index is 0.0265. The molecule has 0 saturated carbocycles. The van der Waals surface area contributed by atoms with Gasteiger partial charge in [0.25, 0.3) is 0 Å². The SMILES string of the molecule is CC(N)(CO)CCCOCC1CCCCO1. The first-order valence-corrected chi connectivity index (χ1v) is 6.23. The van der Waals surface area contributed by atoms with Crippen LogP contribution in [0.25, 0.3) is 0 Å². The number of hydrogen-bond acceptors (Lipinski definition) is 4. The maximum absolute atomic E-state index is 8.97. The zero-order chi connectivity index (χ0) is 11.9. The largest absolute Gasteiger partial charge is 0.394 e. The molecule has 1 aliphatic rings. The molecule has 0 bridgehead atoms. The third-order valence-electron chi connectivity index (χ3n) is 2.98. The molecule has 16 heavy (non-hydrogen) atoms. The van der Waals surface area contributed by atoms with Crippen molar-refractivity contribution in [2.75, 3.05) is 26.4 Å². The number of aliphatic hydroxyl groups excluding tert-OH is 1. The lowest BCUT2D eigenvalue weighted by atomic mass is 9.99. The number of hydrogen-bond donors (Lipinski definition) is 2. The van der Waals surface area contributed by atoms with E-state index in [0.29, 0.717) is 13.2 Å². The smallest absolute Gasteiger partial charge is 0.0808 e. The summed E-state index contributed by atoms with van der Waals surface area (Å²) in [6, 6.07) is 0. The van der Waals surface area contributed by atoms with Crippen molar-refractivity contribution in [2.45, 2.75) is 50.7 Å². The topological polar surface area (TPSA) is 64.7 Å². The van der Waals surface area contributed by atoms with Gasteiger partial charge in [-0.15, -0.1) is 0 Å². The molecule has 1 fully saturated rings. The predicted molar refractivity (Wildman–Crippen MR) is 63.3 cm³/mol. The Morgan fingerprint density at radius 3 is 2.94 bits per heavy atom. The Labute approximate surface area is 98.1 Å². The van der Waals surface area contributed by atoms with E-state index in [0.717, 1.165) is 25.9 Å². The Kier molecular flexibility index (Phi) is 6.28. The molecule has 96 valence electrons. The van der Waals surface area contributed by atoms with Crippen LogP contribution in [-0.4, -0.2) is 43.2 Å². The summed E-state index contributed by atoms with van der Waals surface area (Å²) >= 11 is 0. The molecule has 0 aromatic rings. The van der Waals surface area contributed by atoms with E-state index >= 15 is 0 Å². The molecule has 2 atom stereocenters. The van der Waals surface area contributed by atoms with Crippen molar-refractivity contribution in [2.24, 2.45) is 5.73 Å². The number of ether oxygens (including phenoxy) is 2. The van der Waals surface area contributed by atoms with E-state index in [4.69, 9.17) is 20.3 Å². The highest BCUT2D eigenvalue weighted by atomic mass is 16.5. The zero-order valence-corrected chi connectivity index (χ0v) is 10.3. The van der Waals surface area contributed by atoms with Crippen LogP contribution in [0.2, 0.25) is 0 Å². The molecule has 0 amide bonds. The monoisotopic (exact) mass is 231 g/mol. The van der Waals surface area contributed by atoms with Gasteiger partial charge in [0, 0.05) is 18.8 Å². The van der Waals surface area contributed by atoms with Gasteiger partial charge < -0.3 is 20.3 Å². The highest BCUT2D eigenvalue weighted by Gasteiger charge is 2.17. The normalized spacial score (nSPS) is 25.3. The third-order valence-corrected chi connectivity index (χ3v) is 2.98. The maximum atomic E-state index is 8.97. The van der Waals surface area contributed by atoms with Crippen molar-refractivity contribution in [3.63, 3.8) is 0 Å². The fraction of sp³-hybridized carbons (Fsp3) is 1.00. The molecule has 4 heteroatoms. The summed E-state index contributed by atoms with van der Waals surface area (Å²) in [6.45, 7) is 4.16. The van der Waals surface area contributed by atoms with Gasteiger partial charge in [-0.3, -0.25) is 0 Å². The Balaban J connectivity index is 1.95. The lowest BCUT2D eigenvalue weighted by molar-refractivity contribution is -0.0417. The minimum Gasteiger partial charge on any atom is -0.394 e. The van der Waals surface area contributed by atoms with Gasteiger partial charge in [0.15, 0.2) is 0 Å². The van der Waals surface area contributed by atoms with Crippen LogP contribution < -0.4 is 5.73 Å². The summed E-state index contributed by atoms with van der Waals surface area (Å²) in [5.74, 6) is 0. The van der Waals surface area contributed by atoms with Crippen molar-refractivity contribution in [3.05, 3.63) is 0 Å². The molecule has 1 rings (SSSR count). The minimum atomic E-state index is -0.468. The Morgan fingerprint density at radius 2 is 2.31 bits per heavy atom. The molecule has 1 heterocycles. The Morgan fingerprint density at radius 1 is 1.50 bits per heavy atom. The molecule has 0 aromatic heterocycles. The first kappa shape index (κ1) is 13.9. The molecule has 1 aliphatic heterocycles. The molecular formula is C12H25NO3. The maximum Gasteiger partial charge on any atom is 0.0808 e. The lowest BCUT2D eigenvalue weighted by Crippen LogP contribution is -2.40. The van der Waals surface area contributed by atoms with Crippen LogP contribution in [0.3, 0.4) is 0 Å². The summed E-state index contributed by atoms with van der Waals surface area (Å²) in [6.07, 6.45) is 5.51. The summed E-state index contributed by atoms with van der Waals surface area (Å²) < 4.78 is 11.1. The molecule has 0 spiro atoms. The second-order valence-corrected chi connectivity index (χ2v) is 4.98. The van der Waals surface area contributed by atoms with Gasteiger partial charge in [-0.1, -0.05) is 0 Å². The molecule has 2 unspecified atom stereocenters. The Bertz CT molecular complexity index is 179. The fourth-order valence-electron chi connectivity index (χ4n) is 1.81. The van der Waals surface area contributed by atoms with E-state index in [-0.39, 0.29) is 12.7 Å². The summed E-state index contributed by atoms with van der Waals surface area (Å²) in [5, 5.41) is 8.97. The quantitative estimate of drug-likeness (QED) is 0.643. The van der Waals surface area contributed by atoms with Crippen LogP contribution in [0, 0.1) is 0 Å². The van der Waals surface area contributed by atoms with Crippen molar-refractivity contribution < 1.29 is 14.6 Å². The second-order valence-electron chi connectivity index (χ2n) is 4.98. The number of aliphatic hydroxyl groups is 1. The van der Waals surface area contributed by atoms with Gasteiger partial charge in [-0.2, -0.15) is 0 Å². The highest BCUT2D eigenvalue weighted by Crippen LogP contribution is 2.13. The van der Waals surface area contributed by atoms with Gasteiger partial charge in [-0.25, -0.2) is 0 Å². The van der Waals surface area contributed by atoms with Gasteiger partial charge in [-0.05, 0) is 39.0 Å². The van der Waals surface area contributed by atoms with Crippen molar-refractivity contribution in [1.82, 2.24) is 0 Å². The van der Waals surface area contributed by atoms with Gasteiger partial charge in [0.2, 0.25) is 0 Å². The van der Waals surface area contributed by atoms with Gasteiger partial charge >= 0.3 is 0 Å². The molecular weight excluding hydrogens is 206 g/mol. The van der Waals surface area contributed by atoms with Gasteiger partial charge in [0.1, 0.15) is 0 Å². The summed E-state index contributed by atoms with van der Waals surface area (Å²) in [5.41, 5.74) is 5.34. The molecule has 0 aromatic carbocycles. The molecule has 3 N–H and O–H groups in total. The Hall–Kier alpha value is -0.160. The summed E-state index contributed by atoms with van der Waals surface area (Å²) in [7, 11) is 0. The van der Waals surface area contributed by atoms with E-state index < -0.39 is 5.54 Å². The van der Waals surface area contributed by atoms with E-state index in [9.17, 15) is 0 Å². The van der Waals surface area contributed by atoms with Crippen LogP contribution >= 0.6 is 0 Å². The zero-order valence-electron chi connectivity index (χ0n) is 10.3. The van der Waals surface area contributed by atoms with Gasteiger partial charge in [0.05, 0.1) is 19.3 Å². The van der Waals surface area contributed by atoms with Crippen molar-refractivity contribution >= 4 is 0 Å². The van der Waals surface area contributed by atoms with Crippen LogP contribution in [0.1, 0.15) is 39.0 Å². The average Bonchev–Trinajstić information content (AvgIpc) is 2.30. The van der Waals surface area contributed by atoms with Crippen LogP contribution in [0.15, 0.2) is 0 Å². The first-order valence-electron chi connectivity index (χ1n) is 6.23. The molecule has 1 saturated heterocycles. The standard InChI is InChI=1S/C12H25NO3/c1-12(13,10-14)6-4-7-15-9-11-5-2-3-8-16-11/h11,14H,2-10,13H2,1H3. The van der Waals surface area contributed by atoms with Crippen molar-refractivity contribution in [3.8, 4) is 0 Å². The average molecular weight is 231 g/mol. The highest BCUT2D eigenvalue weighted by molar-refractivity contribution is 4.76. The third kappa shape index (κ3) is 5.80. The second kappa shape index (κ2) is 7.22. The van der Waals surface area contributed by atoms with Crippen LogP contribution in [0.4, 0.5) is 0 Å². The van der Waals surface area contributed by atoms with E-state index in [1.54, 1.807) is 0 Å². The molecule has 0 radical (unpaired) electrons. The number of rotatable bonds is 7. The summed E-state index contributed by atoms with van der Waals surface area (Å²) in [4.78, 5) is 0. The van der Waals surface area contributed by atoms with E-state index in [1.165, 1.54) is 12.8 Å². The van der Waals surface area contributed by atoms with Crippen LogP contribution in [0.5, 0.6) is 0 Å². The van der Waals surface area contributed by atoms with Crippen molar-refractivity contribution in [1.29, 1.82) is 0 Å². The van der Waals surface area contributed by atoms with E-state index in [2.05, 4.69) is 0 Å². The predicted octanol–water partition coefficient (Wildman–Crippen LogP) is 1.06. The molecule has 4 nitrogen and oxygen atoms in total.